The standard InChI is InChI=1S/C28H36N4O4S/c1-15(2)22-10-19(26-18(6)30-14-37-26)7-8-20(22)12-29-27(34)23-11-21(33)13-32(23)28(35)25(16(3)4)24-9-17(5)31-36-24/h7-10,14-16,21,25,29,33-34H,11-13H2,1-6H3/b27-23+/t21-,25+/m1/s1. The van der Waals surface area contributed by atoms with E-state index in [1.807, 2.05) is 33.2 Å². The number of carbonyl (C=O) groups excluding carboxylic acids is 1. The number of likely N-dealkylation sites (tertiary alicyclic amines) is 1. The quantitative estimate of drug-likeness (QED) is 0.339. The van der Waals surface area contributed by atoms with Crippen molar-refractivity contribution >= 4 is 17.2 Å². The number of benzene rings is 1. The minimum absolute atomic E-state index is 0.0526. The van der Waals surface area contributed by atoms with Gasteiger partial charge in [0.2, 0.25) is 11.8 Å². The number of hydrogen-bond donors (Lipinski definition) is 3. The third-order valence-corrected chi connectivity index (χ3v) is 7.77. The second-order valence-corrected chi connectivity index (χ2v) is 11.2. The highest BCUT2D eigenvalue weighted by atomic mass is 32.1. The number of carbonyl (C=O) groups is 1. The van der Waals surface area contributed by atoms with Crippen molar-refractivity contribution in [1.82, 2.24) is 20.4 Å². The lowest BCUT2D eigenvalue weighted by Gasteiger charge is -2.26. The van der Waals surface area contributed by atoms with Gasteiger partial charge in [0.05, 0.1) is 40.1 Å². The number of thiazole rings is 1. The number of aliphatic hydroxyl groups is 2. The Morgan fingerprint density at radius 3 is 2.59 bits per heavy atom. The summed E-state index contributed by atoms with van der Waals surface area (Å²) in [5.41, 5.74) is 7.33. The lowest BCUT2D eigenvalue weighted by molar-refractivity contribution is -0.132. The first kappa shape index (κ1) is 26.9. The summed E-state index contributed by atoms with van der Waals surface area (Å²) < 4.78 is 5.42. The molecule has 9 heteroatoms. The maximum Gasteiger partial charge on any atom is 0.238 e. The molecule has 2 aromatic heterocycles. The number of aliphatic hydroxyl groups excluding tert-OH is 2. The van der Waals surface area contributed by atoms with E-state index in [4.69, 9.17) is 4.52 Å². The van der Waals surface area contributed by atoms with Crippen molar-refractivity contribution in [2.75, 3.05) is 6.54 Å². The molecule has 3 heterocycles. The normalized spacial score (nSPS) is 18.1. The summed E-state index contributed by atoms with van der Waals surface area (Å²) in [6.45, 7) is 12.5. The summed E-state index contributed by atoms with van der Waals surface area (Å²) >= 11 is 1.62. The first-order valence-corrected chi connectivity index (χ1v) is 13.6. The molecule has 0 spiro atoms. The van der Waals surface area contributed by atoms with Crippen LogP contribution < -0.4 is 5.32 Å². The highest BCUT2D eigenvalue weighted by Crippen LogP contribution is 2.34. The fourth-order valence-electron chi connectivity index (χ4n) is 4.89. The van der Waals surface area contributed by atoms with E-state index in [1.54, 1.807) is 17.4 Å². The number of aryl methyl sites for hydroxylation is 2. The van der Waals surface area contributed by atoms with Gasteiger partial charge in [-0.05, 0) is 48.4 Å². The van der Waals surface area contributed by atoms with Gasteiger partial charge in [0.15, 0.2) is 0 Å². The van der Waals surface area contributed by atoms with Crippen LogP contribution in [0, 0.1) is 19.8 Å². The van der Waals surface area contributed by atoms with Gasteiger partial charge in [-0.1, -0.05) is 45.0 Å². The van der Waals surface area contributed by atoms with Crippen LogP contribution in [-0.2, 0) is 11.3 Å². The molecule has 0 saturated carbocycles. The molecule has 1 aliphatic heterocycles. The lowest BCUT2D eigenvalue weighted by Crippen LogP contribution is -2.36. The molecule has 0 unspecified atom stereocenters. The van der Waals surface area contributed by atoms with Crippen molar-refractivity contribution in [3.8, 4) is 10.4 Å². The predicted octanol–water partition coefficient (Wildman–Crippen LogP) is 5.39. The van der Waals surface area contributed by atoms with Crippen LogP contribution in [0.1, 0.15) is 74.2 Å². The van der Waals surface area contributed by atoms with E-state index < -0.39 is 12.0 Å². The van der Waals surface area contributed by atoms with E-state index in [1.165, 1.54) is 10.5 Å². The van der Waals surface area contributed by atoms with E-state index in [0.717, 1.165) is 21.7 Å². The van der Waals surface area contributed by atoms with Crippen LogP contribution in [0.5, 0.6) is 0 Å². The van der Waals surface area contributed by atoms with Crippen molar-refractivity contribution in [2.45, 2.75) is 72.4 Å². The number of nitrogens with one attached hydrogen (secondary N) is 1. The number of aromatic nitrogens is 2. The van der Waals surface area contributed by atoms with Gasteiger partial charge in [0, 0.05) is 19.0 Å². The Morgan fingerprint density at radius 1 is 1.24 bits per heavy atom. The topological polar surface area (TPSA) is 112 Å². The summed E-state index contributed by atoms with van der Waals surface area (Å²) in [5.74, 6) is -0.170. The van der Waals surface area contributed by atoms with E-state index in [-0.39, 0.29) is 36.6 Å². The minimum atomic E-state index is -0.750. The van der Waals surface area contributed by atoms with E-state index in [2.05, 4.69) is 47.5 Å². The molecule has 1 aromatic carbocycles. The van der Waals surface area contributed by atoms with E-state index in [9.17, 15) is 15.0 Å². The number of hydrogen-bond acceptors (Lipinski definition) is 8. The lowest BCUT2D eigenvalue weighted by atomic mass is 9.91. The van der Waals surface area contributed by atoms with Gasteiger partial charge in [-0.3, -0.25) is 4.79 Å². The highest BCUT2D eigenvalue weighted by Gasteiger charge is 2.39. The molecule has 37 heavy (non-hydrogen) atoms. The SMILES string of the molecule is Cc1cc([C@@H](C(=O)N2C[C@H](O)C/C2=C(\O)NCc2ccc(-c3scnc3C)cc2C(C)C)C(C)C)on1. The minimum Gasteiger partial charge on any atom is -0.494 e. The fraction of sp³-hybridized carbons (Fsp3) is 0.464. The van der Waals surface area contributed by atoms with Crippen LogP contribution in [0.2, 0.25) is 0 Å². The maximum atomic E-state index is 13.6. The number of amides is 1. The third-order valence-electron chi connectivity index (χ3n) is 6.79. The van der Waals surface area contributed by atoms with Gasteiger partial charge in [-0.25, -0.2) is 4.98 Å². The Bertz CT molecular complexity index is 1290. The Morgan fingerprint density at radius 2 is 2.00 bits per heavy atom. The Hall–Kier alpha value is -3.17. The predicted molar refractivity (Wildman–Crippen MR) is 144 cm³/mol. The van der Waals surface area contributed by atoms with E-state index in [0.29, 0.717) is 23.7 Å². The number of rotatable bonds is 8. The first-order chi connectivity index (χ1) is 17.6. The Kier molecular flexibility index (Phi) is 8.04. The van der Waals surface area contributed by atoms with E-state index >= 15 is 0 Å². The van der Waals surface area contributed by atoms with Crippen LogP contribution in [0.4, 0.5) is 0 Å². The summed E-state index contributed by atoms with van der Waals surface area (Å²) in [6, 6.07) is 8.10. The van der Waals surface area contributed by atoms with Gasteiger partial charge in [0.25, 0.3) is 0 Å². The van der Waals surface area contributed by atoms with Crippen LogP contribution in [0.3, 0.4) is 0 Å². The Balaban J connectivity index is 1.57. The molecule has 1 fully saturated rings. The Labute approximate surface area is 222 Å². The van der Waals surface area contributed by atoms with Gasteiger partial charge in [0.1, 0.15) is 11.7 Å². The molecule has 8 nitrogen and oxygen atoms in total. The molecule has 1 saturated heterocycles. The zero-order valence-corrected chi connectivity index (χ0v) is 23.1. The summed E-state index contributed by atoms with van der Waals surface area (Å²) in [6.07, 6.45) is -0.564. The molecule has 0 radical (unpaired) electrons. The fourth-order valence-corrected chi connectivity index (χ4v) is 5.70. The molecule has 3 N–H and O–H groups in total. The van der Waals surface area contributed by atoms with Gasteiger partial charge in [-0.2, -0.15) is 0 Å². The van der Waals surface area contributed by atoms with Crippen molar-refractivity contribution < 1.29 is 19.5 Å². The molecular formula is C28H36N4O4S. The second kappa shape index (κ2) is 11.1. The van der Waals surface area contributed by atoms with Crippen molar-refractivity contribution in [1.29, 1.82) is 0 Å². The summed E-state index contributed by atoms with van der Waals surface area (Å²) in [5, 5.41) is 28.5. The monoisotopic (exact) mass is 524 g/mol. The average Bonchev–Trinajstić information content (AvgIpc) is 3.57. The number of nitrogens with zero attached hydrogens (tertiary/aromatic N) is 3. The van der Waals surface area contributed by atoms with Gasteiger partial charge < -0.3 is 25.0 Å². The van der Waals surface area contributed by atoms with Crippen LogP contribution >= 0.6 is 11.3 Å². The molecule has 0 bridgehead atoms. The van der Waals surface area contributed by atoms with Crippen molar-refractivity contribution in [2.24, 2.45) is 5.92 Å². The first-order valence-electron chi connectivity index (χ1n) is 12.7. The number of β-amino-alcohol motifs (C(OH)–C–C–N with tert-alkyl or cyclic N) is 1. The van der Waals surface area contributed by atoms with Gasteiger partial charge >= 0.3 is 0 Å². The molecule has 0 aliphatic carbocycles. The third kappa shape index (κ3) is 5.72. The van der Waals surface area contributed by atoms with Crippen molar-refractivity contribution in [3.05, 3.63) is 69.6 Å². The average molecular weight is 525 g/mol. The molecule has 2 atom stereocenters. The summed E-state index contributed by atoms with van der Waals surface area (Å²) in [7, 11) is 0. The molecule has 1 aliphatic rings. The molecule has 4 rings (SSSR count). The zero-order valence-electron chi connectivity index (χ0n) is 22.3. The molecular weight excluding hydrogens is 488 g/mol. The highest BCUT2D eigenvalue weighted by molar-refractivity contribution is 7.13. The maximum absolute atomic E-state index is 13.6. The smallest absolute Gasteiger partial charge is 0.238 e. The summed E-state index contributed by atoms with van der Waals surface area (Å²) in [4.78, 5) is 20.6. The van der Waals surface area contributed by atoms with Crippen LogP contribution in [0.25, 0.3) is 10.4 Å². The zero-order chi connectivity index (χ0) is 26.9. The van der Waals surface area contributed by atoms with Gasteiger partial charge in [-0.15, -0.1) is 11.3 Å². The largest absolute Gasteiger partial charge is 0.494 e. The van der Waals surface area contributed by atoms with Crippen molar-refractivity contribution in [3.63, 3.8) is 0 Å². The molecule has 198 valence electrons. The molecule has 1 amide bonds. The van der Waals surface area contributed by atoms with Crippen LogP contribution in [-0.4, -0.2) is 43.8 Å². The molecule has 3 aromatic rings. The second-order valence-electron chi connectivity index (χ2n) is 10.4. The van der Waals surface area contributed by atoms with Crippen LogP contribution in [0.15, 0.2) is 45.9 Å².